The number of amides is 1. The van der Waals surface area contributed by atoms with Gasteiger partial charge in [-0.2, -0.15) is 0 Å². The quantitative estimate of drug-likeness (QED) is 0.575. The van der Waals surface area contributed by atoms with Crippen molar-refractivity contribution in [3.05, 3.63) is 12.7 Å². The molecule has 0 saturated heterocycles. The molecule has 2 nitrogen and oxygen atoms in total. The summed E-state index contributed by atoms with van der Waals surface area (Å²) in [5.74, 6) is 0.787. The van der Waals surface area contributed by atoms with Gasteiger partial charge in [0, 0.05) is 6.04 Å². The van der Waals surface area contributed by atoms with Crippen LogP contribution in [0.2, 0.25) is 0 Å². The number of carbonyl (C=O) groups excluding carboxylic acids is 1. The molecule has 2 bridgehead atoms. The SMILES string of the molecule is C=CC(=O)N[C@@H]1C[C@@H]2CCCCCCCCCCC(C)(C)[C@@]1(C)CC2. The van der Waals surface area contributed by atoms with Gasteiger partial charge in [-0.15, -0.1) is 0 Å². The molecular weight excluding hydrogens is 306 g/mol. The van der Waals surface area contributed by atoms with E-state index < -0.39 is 0 Å². The average molecular weight is 348 g/mol. The van der Waals surface area contributed by atoms with Crippen molar-refractivity contribution in [1.29, 1.82) is 0 Å². The third-order valence-electron chi connectivity index (χ3n) is 7.62. The minimum absolute atomic E-state index is 0.00518. The molecule has 3 saturated carbocycles. The van der Waals surface area contributed by atoms with Crippen LogP contribution in [0.4, 0.5) is 0 Å². The van der Waals surface area contributed by atoms with Crippen molar-refractivity contribution < 1.29 is 4.79 Å². The van der Waals surface area contributed by atoms with Crippen molar-refractivity contribution in [3.8, 4) is 0 Å². The van der Waals surface area contributed by atoms with Crippen LogP contribution in [0.3, 0.4) is 0 Å². The molecule has 0 aromatic carbocycles. The summed E-state index contributed by atoms with van der Waals surface area (Å²) >= 11 is 0. The predicted octanol–water partition coefficient (Wildman–Crippen LogP) is 6.40. The Kier molecular flexibility index (Phi) is 7.58. The highest BCUT2D eigenvalue weighted by Crippen LogP contribution is 2.53. The lowest BCUT2D eigenvalue weighted by atomic mass is 9.54. The van der Waals surface area contributed by atoms with E-state index in [9.17, 15) is 4.79 Å². The van der Waals surface area contributed by atoms with Crippen LogP contribution in [0.15, 0.2) is 12.7 Å². The number of fused-ring (bicyclic) bond motifs is 12. The smallest absolute Gasteiger partial charge is 0.243 e. The molecule has 3 aliphatic rings. The Balaban J connectivity index is 2.17. The molecule has 3 rings (SSSR count). The molecule has 3 atom stereocenters. The highest BCUT2D eigenvalue weighted by atomic mass is 16.1. The van der Waals surface area contributed by atoms with Crippen LogP contribution in [0, 0.1) is 16.7 Å². The van der Waals surface area contributed by atoms with E-state index in [1.807, 2.05) is 0 Å². The maximum absolute atomic E-state index is 12.1. The normalized spacial score (nSPS) is 34.5. The van der Waals surface area contributed by atoms with Crippen LogP contribution in [0.5, 0.6) is 0 Å². The second kappa shape index (κ2) is 9.24. The molecule has 0 aromatic heterocycles. The molecule has 144 valence electrons. The van der Waals surface area contributed by atoms with Gasteiger partial charge in [0.05, 0.1) is 0 Å². The molecule has 0 aromatic rings. The van der Waals surface area contributed by atoms with Crippen LogP contribution in [-0.2, 0) is 4.79 Å². The molecule has 0 radical (unpaired) electrons. The Morgan fingerprint density at radius 3 is 2.16 bits per heavy atom. The second-order valence-corrected chi connectivity index (χ2v) is 9.57. The van der Waals surface area contributed by atoms with E-state index in [4.69, 9.17) is 0 Å². The molecule has 0 unspecified atom stereocenters. The van der Waals surface area contributed by atoms with Crippen LogP contribution in [-0.4, -0.2) is 11.9 Å². The van der Waals surface area contributed by atoms with E-state index in [0.29, 0.717) is 0 Å². The first-order valence-electron chi connectivity index (χ1n) is 10.8. The summed E-state index contributed by atoms with van der Waals surface area (Å²) in [5.41, 5.74) is 0.444. The van der Waals surface area contributed by atoms with E-state index in [1.54, 1.807) is 0 Å². The van der Waals surface area contributed by atoms with Crippen LogP contribution < -0.4 is 5.32 Å². The first kappa shape index (κ1) is 20.5. The molecular formula is C23H41NO. The van der Waals surface area contributed by atoms with Crippen molar-refractivity contribution in [2.24, 2.45) is 16.7 Å². The third-order valence-corrected chi connectivity index (χ3v) is 7.62. The molecule has 0 heterocycles. The van der Waals surface area contributed by atoms with Gasteiger partial charge in [-0.25, -0.2) is 0 Å². The topological polar surface area (TPSA) is 29.1 Å². The number of rotatable bonds is 2. The van der Waals surface area contributed by atoms with E-state index in [1.165, 1.54) is 83.1 Å². The maximum atomic E-state index is 12.1. The van der Waals surface area contributed by atoms with Crippen molar-refractivity contribution in [2.75, 3.05) is 0 Å². The van der Waals surface area contributed by atoms with Gasteiger partial charge in [-0.05, 0) is 48.5 Å². The molecule has 3 fully saturated rings. The molecule has 2 heteroatoms. The number of carbonyl (C=O) groups is 1. The Morgan fingerprint density at radius 1 is 0.920 bits per heavy atom. The fourth-order valence-corrected chi connectivity index (χ4v) is 5.26. The predicted molar refractivity (Wildman–Crippen MR) is 108 cm³/mol. The maximum Gasteiger partial charge on any atom is 0.243 e. The van der Waals surface area contributed by atoms with Crippen molar-refractivity contribution in [1.82, 2.24) is 5.32 Å². The van der Waals surface area contributed by atoms with E-state index in [2.05, 4.69) is 32.7 Å². The minimum Gasteiger partial charge on any atom is -0.349 e. The summed E-state index contributed by atoms with van der Waals surface area (Å²) in [6, 6.07) is 0.289. The van der Waals surface area contributed by atoms with Gasteiger partial charge in [0.2, 0.25) is 5.91 Å². The summed E-state index contributed by atoms with van der Waals surface area (Å²) in [7, 11) is 0. The van der Waals surface area contributed by atoms with E-state index in [0.717, 1.165) is 12.3 Å². The van der Waals surface area contributed by atoms with Crippen molar-refractivity contribution in [2.45, 2.75) is 110 Å². The standard InChI is InChI=1S/C23H41NO/c1-5-21(25)24-20-18-19-14-12-10-8-6-7-9-11-13-16-22(2,3)23(20,4)17-15-19/h5,19-20H,1,6-18H2,2-4H3,(H,24,25)/t19-,20-,23+/m1/s1. The van der Waals surface area contributed by atoms with Gasteiger partial charge >= 0.3 is 0 Å². The van der Waals surface area contributed by atoms with Crippen molar-refractivity contribution >= 4 is 5.91 Å². The average Bonchev–Trinajstić information content (AvgIpc) is 2.58. The van der Waals surface area contributed by atoms with E-state index >= 15 is 0 Å². The lowest BCUT2D eigenvalue weighted by molar-refractivity contribution is -0.120. The number of hydrogen-bond donors (Lipinski definition) is 1. The van der Waals surface area contributed by atoms with Gasteiger partial charge < -0.3 is 5.32 Å². The molecule has 1 N–H and O–H groups in total. The van der Waals surface area contributed by atoms with Gasteiger partial charge in [-0.1, -0.05) is 85.1 Å². The summed E-state index contributed by atoms with van der Waals surface area (Å²) in [5, 5.41) is 3.33. The monoisotopic (exact) mass is 347 g/mol. The number of nitrogens with one attached hydrogen (secondary N) is 1. The zero-order valence-corrected chi connectivity index (χ0v) is 17.0. The van der Waals surface area contributed by atoms with Crippen LogP contribution in [0.25, 0.3) is 0 Å². The largest absolute Gasteiger partial charge is 0.349 e. The Morgan fingerprint density at radius 2 is 1.52 bits per heavy atom. The summed E-state index contributed by atoms with van der Waals surface area (Å²) in [6.07, 6.45) is 18.9. The summed E-state index contributed by atoms with van der Waals surface area (Å²) in [6.45, 7) is 11.0. The lowest BCUT2D eigenvalue weighted by Gasteiger charge is -2.54. The molecule has 1 amide bonds. The minimum atomic E-state index is 0.00518. The Bertz CT molecular complexity index is 441. The summed E-state index contributed by atoms with van der Waals surface area (Å²) in [4.78, 5) is 12.1. The molecule has 3 aliphatic carbocycles. The first-order valence-corrected chi connectivity index (χ1v) is 10.8. The third kappa shape index (κ3) is 5.34. The van der Waals surface area contributed by atoms with Crippen molar-refractivity contribution in [3.63, 3.8) is 0 Å². The zero-order chi connectivity index (χ0) is 18.3. The Hall–Kier alpha value is -0.790. The zero-order valence-electron chi connectivity index (χ0n) is 17.0. The van der Waals surface area contributed by atoms with Crippen LogP contribution in [0.1, 0.15) is 104 Å². The van der Waals surface area contributed by atoms with Crippen LogP contribution >= 0.6 is 0 Å². The number of hydrogen-bond acceptors (Lipinski definition) is 1. The van der Waals surface area contributed by atoms with Gasteiger partial charge in [-0.3, -0.25) is 4.79 Å². The molecule has 25 heavy (non-hydrogen) atoms. The summed E-state index contributed by atoms with van der Waals surface area (Å²) < 4.78 is 0. The van der Waals surface area contributed by atoms with Gasteiger partial charge in [0.15, 0.2) is 0 Å². The molecule has 0 aliphatic heterocycles. The highest BCUT2D eigenvalue weighted by molar-refractivity contribution is 5.87. The Labute approximate surface area is 156 Å². The fourth-order valence-electron chi connectivity index (χ4n) is 5.26. The van der Waals surface area contributed by atoms with Gasteiger partial charge in [0.25, 0.3) is 0 Å². The molecule has 0 spiro atoms. The van der Waals surface area contributed by atoms with Gasteiger partial charge in [0.1, 0.15) is 0 Å². The lowest BCUT2D eigenvalue weighted by Crippen LogP contribution is -2.56. The first-order chi connectivity index (χ1) is 11.9. The highest BCUT2D eigenvalue weighted by Gasteiger charge is 2.49. The van der Waals surface area contributed by atoms with E-state index in [-0.39, 0.29) is 22.8 Å². The second-order valence-electron chi connectivity index (χ2n) is 9.57. The fraction of sp³-hybridized carbons (Fsp3) is 0.870.